The predicted molar refractivity (Wildman–Crippen MR) is 88.6 cm³/mol. The topological polar surface area (TPSA) is 65.5 Å². The molecule has 2 aromatic rings. The SMILES string of the molecule is CCC(N)c1nc2cc(OC)c(OC)cc2n1CCN(C)C. The van der Waals surface area contributed by atoms with Gasteiger partial charge in [-0.15, -0.1) is 0 Å². The number of rotatable bonds is 7. The smallest absolute Gasteiger partial charge is 0.163 e. The monoisotopic (exact) mass is 306 g/mol. The Balaban J connectivity index is 2.59. The average molecular weight is 306 g/mol. The molecule has 0 radical (unpaired) electrons. The van der Waals surface area contributed by atoms with Gasteiger partial charge in [-0.3, -0.25) is 0 Å². The van der Waals surface area contributed by atoms with Crippen LogP contribution in [0.5, 0.6) is 11.5 Å². The molecular formula is C16H26N4O2. The van der Waals surface area contributed by atoms with Gasteiger partial charge in [0.2, 0.25) is 0 Å². The number of likely N-dealkylation sites (N-methyl/N-ethyl adjacent to an activating group) is 1. The van der Waals surface area contributed by atoms with Gasteiger partial charge in [-0.2, -0.15) is 0 Å². The van der Waals surface area contributed by atoms with Gasteiger partial charge in [0.05, 0.1) is 31.3 Å². The summed E-state index contributed by atoms with van der Waals surface area (Å²) in [5.74, 6) is 2.30. The van der Waals surface area contributed by atoms with Gasteiger partial charge in [0, 0.05) is 25.2 Å². The van der Waals surface area contributed by atoms with E-state index < -0.39 is 0 Å². The van der Waals surface area contributed by atoms with Crippen molar-refractivity contribution in [3.63, 3.8) is 0 Å². The largest absolute Gasteiger partial charge is 0.493 e. The molecule has 1 aromatic heterocycles. The predicted octanol–water partition coefficient (Wildman–Crippen LogP) is 2.02. The van der Waals surface area contributed by atoms with Crippen molar-refractivity contribution >= 4 is 11.0 Å². The zero-order chi connectivity index (χ0) is 16.3. The number of hydrogen-bond donors (Lipinski definition) is 1. The van der Waals surface area contributed by atoms with E-state index in [0.717, 1.165) is 36.4 Å². The minimum Gasteiger partial charge on any atom is -0.493 e. The standard InChI is InChI=1S/C16H26N4O2/c1-6-11(17)16-18-12-9-14(21-4)15(22-5)10-13(12)20(16)8-7-19(2)3/h9-11H,6-8,17H2,1-5H3. The van der Waals surface area contributed by atoms with Gasteiger partial charge in [-0.25, -0.2) is 4.98 Å². The molecule has 0 saturated carbocycles. The van der Waals surface area contributed by atoms with Crippen molar-refractivity contribution in [1.29, 1.82) is 0 Å². The number of nitrogens with two attached hydrogens (primary N) is 1. The molecule has 0 fully saturated rings. The van der Waals surface area contributed by atoms with E-state index in [-0.39, 0.29) is 6.04 Å². The van der Waals surface area contributed by atoms with Crippen LogP contribution in [0.2, 0.25) is 0 Å². The third kappa shape index (κ3) is 3.18. The zero-order valence-electron chi connectivity index (χ0n) is 14.1. The summed E-state index contributed by atoms with van der Waals surface area (Å²) >= 11 is 0. The number of nitrogens with zero attached hydrogens (tertiary/aromatic N) is 3. The van der Waals surface area contributed by atoms with E-state index in [4.69, 9.17) is 20.2 Å². The number of methoxy groups -OCH3 is 2. The van der Waals surface area contributed by atoms with E-state index in [9.17, 15) is 0 Å². The molecule has 0 aliphatic rings. The van der Waals surface area contributed by atoms with E-state index in [1.54, 1.807) is 14.2 Å². The first-order valence-electron chi connectivity index (χ1n) is 7.54. The van der Waals surface area contributed by atoms with Crippen LogP contribution in [0.15, 0.2) is 12.1 Å². The Morgan fingerprint density at radius 1 is 1.23 bits per heavy atom. The summed E-state index contributed by atoms with van der Waals surface area (Å²) in [5, 5.41) is 0. The first-order valence-corrected chi connectivity index (χ1v) is 7.54. The molecular weight excluding hydrogens is 280 g/mol. The van der Waals surface area contributed by atoms with Crippen molar-refractivity contribution in [3.05, 3.63) is 18.0 Å². The molecule has 0 aliphatic carbocycles. The van der Waals surface area contributed by atoms with Crippen LogP contribution >= 0.6 is 0 Å². The molecule has 22 heavy (non-hydrogen) atoms. The van der Waals surface area contributed by atoms with Crippen molar-refractivity contribution < 1.29 is 9.47 Å². The van der Waals surface area contributed by atoms with Crippen LogP contribution in [0.3, 0.4) is 0 Å². The van der Waals surface area contributed by atoms with Crippen molar-refractivity contribution in [3.8, 4) is 11.5 Å². The fourth-order valence-electron chi connectivity index (χ4n) is 2.47. The Kier molecular flexibility index (Phi) is 5.26. The highest BCUT2D eigenvalue weighted by molar-refractivity contribution is 5.80. The summed E-state index contributed by atoms with van der Waals surface area (Å²) in [7, 11) is 7.39. The molecule has 0 saturated heterocycles. The maximum atomic E-state index is 6.25. The summed E-state index contributed by atoms with van der Waals surface area (Å²) in [6.45, 7) is 3.83. The fourth-order valence-corrected chi connectivity index (χ4v) is 2.47. The molecule has 1 unspecified atom stereocenters. The van der Waals surface area contributed by atoms with E-state index in [1.165, 1.54) is 0 Å². The van der Waals surface area contributed by atoms with Gasteiger partial charge in [0.1, 0.15) is 5.82 Å². The maximum absolute atomic E-state index is 6.25. The molecule has 6 nitrogen and oxygen atoms in total. The number of hydrogen-bond acceptors (Lipinski definition) is 5. The molecule has 1 atom stereocenters. The molecule has 0 bridgehead atoms. The lowest BCUT2D eigenvalue weighted by molar-refractivity contribution is 0.355. The lowest BCUT2D eigenvalue weighted by atomic mass is 10.2. The fraction of sp³-hybridized carbons (Fsp3) is 0.562. The Bertz CT molecular complexity index is 637. The normalized spacial score (nSPS) is 12.9. The number of imidazole rings is 1. The van der Waals surface area contributed by atoms with Gasteiger partial charge in [0.25, 0.3) is 0 Å². The maximum Gasteiger partial charge on any atom is 0.163 e. The second-order valence-electron chi connectivity index (χ2n) is 5.64. The third-order valence-electron chi connectivity index (χ3n) is 3.83. The molecule has 0 aliphatic heterocycles. The summed E-state index contributed by atoms with van der Waals surface area (Å²) in [5.41, 5.74) is 8.16. The molecule has 0 spiro atoms. The Morgan fingerprint density at radius 3 is 2.41 bits per heavy atom. The van der Waals surface area contributed by atoms with E-state index in [2.05, 4.69) is 30.5 Å². The second-order valence-corrected chi connectivity index (χ2v) is 5.64. The lowest BCUT2D eigenvalue weighted by Crippen LogP contribution is -2.22. The highest BCUT2D eigenvalue weighted by atomic mass is 16.5. The average Bonchev–Trinajstić information content (AvgIpc) is 2.87. The molecule has 122 valence electrons. The molecule has 2 N–H and O–H groups in total. The Morgan fingerprint density at radius 2 is 1.86 bits per heavy atom. The quantitative estimate of drug-likeness (QED) is 0.848. The van der Waals surface area contributed by atoms with Crippen molar-refractivity contribution in [2.45, 2.75) is 25.9 Å². The van der Waals surface area contributed by atoms with Crippen molar-refractivity contribution in [2.75, 3.05) is 34.9 Å². The first-order chi connectivity index (χ1) is 10.5. The first kappa shape index (κ1) is 16.6. The molecule has 6 heteroatoms. The summed E-state index contributed by atoms with van der Waals surface area (Å²) in [6, 6.07) is 3.81. The molecule has 0 amide bonds. The van der Waals surface area contributed by atoms with Crippen LogP contribution in [-0.4, -0.2) is 49.3 Å². The summed E-state index contributed by atoms with van der Waals surface area (Å²) in [4.78, 5) is 6.88. The third-order valence-corrected chi connectivity index (χ3v) is 3.83. The van der Waals surface area contributed by atoms with Crippen LogP contribution in [0.1, 0.15) is 25.2 Å². The van der Waals surface area contributed by atoms with Crippen LogP contribution in [-0.2, 0) is 6.54 Å². The van der Waals surface area contributed by atoms with E-state index in [1.807, 2.05) is 12.1 Å². The van der Waals surface area contributed by atoms with Gasteiger partial charge < -0.3 is 24.7 Å². The molecule has 1 aromatic carbocycles. The summed E-state index contributed by atoms with van der Waals surface area (Å²) in [6.07, 6.45) is 0.847. The van der Waals surface area contributed by atoms with Gasteiger partial charge in [-0.1, -0.05) is 6.92 Å². The highest BCUT2D eigenvalue weighted by Gasteiger charge is 2.18. The Labute approximate surface area is 131 Å². The molecule has 1 heterocycles. The Hall–Kier alpha value is -1.79. The number of aromatic nitrogens is 2. The van der Waals surface area contributed by atoms with Gasteiger partial charge in [0.15, 0.2) is 11.5 Å². The number of ether oxygens (including phenoxy) is 2. The van der Waals surface area contributed by atoms with Crippen molar-refractivity contribution in [2.24, 2.45) is 5.73 Å². The van der Waals surface area contributed by atoms with Gasteiger partial charge in [-0.05, 0) is 20.5 Å². The van der Waals surface area contributed by atoms with Crippen molar-refractivity contribution in [1.82, 2.24) is 14.5 Å². The van der Waals surface area contributed by atoms with Crippen LogP contribution in [0.4, 0.5) is 0 Å². The van der Waals surface area contributed by atoms with E-state index >= 15 is 0 Å². The molecule has 2 rings (SSSR count). The number of fused-ring (bicyclic) bond motifs is 1. The lowest BCUT2D eigenvalue weighted by Gasteiger charge is -2.16. The highest BCUT2D eigenvalue weighted by Crippen LogP contribution is 2.33. The summed E-state index contributed by atoms with van der Waals surface area (Å²) < 4.78 is 13.0. The minimum atomic E-state index is -0.0773. The van der Waals surface area contributed by atoms with Gasteiger partial charge >= 0.3 is 0 Å². The van der Waals surface area contributed by atoms with E-state index in [0.29, 0.717) is 11.5 Å². The minimum absolute atomic E-state index is 0.0773. The zero-order valence-corrected chi connectivity index (χ0v) is 14.1. The second kappa shape index (κ2) is 6.98. The van der Waals surface area contributed by atoms with Crippen LogP contribution in [0.25, 0.3) is 11.0 Å². The van der Waals surface area contributed by atoms with Crippen LogP contribution in [0, 0.1) is 0 Å². The van der Waals surface area contributed by atoms with Crippen LogP contribution < -0.4 is 15.2 Å². The number of benzene rings is 1.